The van der Waals surface area contributed by atoms with Gasteiger partial charge < -0.3 is 15.5 Å². The van der Waals surface area contributed by atoms with Crippen LogP contribution in [-0.2, 0) is 0 Å². The van der Waals surface area contributed by atoms with Crippen molar-refractivity contribution in [2.45, 2.75) is 37.3 Å². The predicted octanol–water partition coefficient (Wildman–Crippen LogP) is 3.72. The lowest BCUT2D eigenvalue weighted by atomic mass is 10.1. The zero-order valence-electron chi connectivity index (χ0n) is 15.3. The third-order valence-electron chi connectivity index (χ3n) is 5.36. The van der Waals surface area contributed by atoms with Crippen molar-refractivity contribution < 1.29 is 8.78 Å². The van der Waals surface area contributed by atoms with E-state index in [1.807, 2.05) is 0 Å². The monoisotopic (exact) mass is 390 g/mol. The summed E-state index contributed by atoms with van der Waals surface area (Å²) in [6.07, 6.45) is 2.79. The molecule has 1 saturated heterocycles. The minimum atomic E-state index is -0.465. The quantitative estimate of drug-likeness (QED) is 0.618. The van der Waals surface area contributed by atoms with E-state index in [0.717, 1.165) is 32.4 Å². The Bertz CT molecular complexity index is 780. The number of thiophene rings is 1. The van der Waals surface area contributed by atoms with Crippen molar-refractivity contribution in [3.8, 4) is 0 Å². The van der Waals surface area contributed by atoms with E-state index in [4.69, 9.17) is 0 Å². The number of nitrogens with one attached hydrogen (secondary N) is 2. The molecular weight excluding hydrogens is 366 g/mol. The van der Waals surface area contributed by atoms with E-state index < -0.39 is 11.6 Å². The molecule has 0 amide bonds. The third kappa shape index (κ3) is 4.08. The molecule has 0 radical (unpaired) electrons. The van der Waals surface area contributed by atoms with Crippen molar-refractivity contribution in [2.75, 3.05) is 25.0 Å². The fourth-order valence-corrected chi connectivity index (χ4v) is 4.56. The molecule has 2 aromatic rings. The number of anilines is 1. The third-order valence-corrected chi connectivity index (χ3v) is 6.29. The van der Waals surface area contributed by atoms with Gasteiger partial charge in [-0.05, 0) is 48.9 Å². The van der Waals surface area contributed by atoms with Gasteiger partial charge in [0.15, 0.2) is 5.96 Å². The van der Waals surface area contributed by atoms with Gasteiger partial charge in [-0.15, -0.1) is 11.3 Å². The second kappa shape index (κ2) is 7.84. The van der Waals surface area contributed by atoms with E-state index in [1.165, 1.54) is 23.2 Å². The summed E-state index contributed by atoms with van der Waals surface area (Å²) >= 11 is 1.77. The summed E-state index contributed by atoms with van der Waals surface area (Å²) in [4.78, 5) is 6.71. The maximum Gasteiger partial charge on any atom is 0.191 e. The van der Waals surface area contributed by atoms with Crippen molar-refractivity contribution in [3.63, 3.8) is 0 Å². The molecular formula is C20H24F2N4S. The van der Waals surface area contributed by atoms with Gasteiger partial charge in [0.25, 0.3) is 0 Å². The zero-order chi connectivity index (χ0) is 18.8. The van der Waals surface area contributed by atoms with Gasteiger partial charge in [0.05, 0.1) is 5.00 Å². The Balaban J connectivity index is 1.29. The van der Waals surface area contributed by atoms with Crippen LogP contribution in [0.25, 0.3) is 0 Å². The Morgan fingerprint density at radius 3 is 2.48 bits per heavy atom. The standard InChI is InChI=1S/C20H24F2N4S/c1-23-20(24-13-7-9-26(10-8-13)18-6-3-11-27-18)25-17-12-14(17)19-15(21)4-2-5-16(19)22/h2-6,11,13-14,17H,7-10,12H2,1H3,(H2,23,24,25). The van der Waals surface area contributed by atoms with Gasteiger partial charge in [0.1, 0.15) is 11.6 Å². The number of benzene rings is 1. The van der Waals surface area contributed by atoms with Gasteiger partial charge in [-0.1, -0.05) is 6.07 Å². The van der Waals surface area contributed by atoms with Crippen molar-refractivity contribution >= 4 is 22.3 Å². The topological polar surface area (TPSA) is 39.7 Å². The van der Waals surface area contributed by atoms with Gasteiger partial charge in [-0.25, -0.2) is 8.78 Å². The maximum atomic E-state index is 13.9. The number of nitrogens with zero attached hydrogens (tertiary/aromatic N) is 2. The number of hydrogen-bond donors (Lipinski definition) is 2. The Labute approximate surface area is 162 Å². The van der Waals surface area contributed by atoms with Crippen molar-refractivity contribution in [3.05, 3.63) is 52.9 Å². The zero-order valence-corrected chi connectivity index (χ0v) is 16.1. The molecule has 4 rings (SSSR count). The number of hydrogen-bond acceptors (Lipinski definition) is 3. The highest BCUT2D eigenvalue weighted by Gasteiger charge is 2.42. The molecule has 1 aliphatic carbocycles. The molecule has 2 N–H and O–H groups in total. The molecule has 1 aromatic carbocycles. The fourth-order valence-electron chi connectivity index (χ4n) is 3.77. The molecule has 2 aliphatic rings. The van der Waals surface area contributed by atoms with E-state index in [0.29, 0.717) is 12.0 Å². The molecule has 2 fully saturated rings. The number of piperidine rings is 1. The smallest absolute Gasteiger partial charge is 0.191 e. The highest BCUT2D eigenvalue weighted by atomic mass is 32.1. The lowest BCUT2D eigenvalue weighted by Crippen LogP contribution is -2.49. The average Bonchev–Trinajstić information content (AvgIpc) is 3.18. The molecule has 2 atom stereocenters. The fraction of sp³-hybridized carbons (Fsp3) is 0.450. The molecule has 7 heteroatoms. The number of halogens is 2. The van der Waals surface area contributed by atoms with Crippen LogP contribution >= 0.6 is 11.3 Å². The van der Waals surface area contributed by atoms with Gasteiger partial charge in [0.2, 0.25) is 0 Å². The minimum absolute atomic E-state index is 0.0220. The van der Waals surface area contributed by atoms with Gasteiger partial charge >= 0.3 is 0 Å². The molecule has 2 heterocycles. The summed E-state index contributed by atoms with van der Waals surface area (Å²) in [5.41, 5.74) is 0.190. The minimum Gasteiger partial charge on any atom is -0.363 e. The lowest BCUT2D eigenvalue weighted by molar-refractivity contribution is 0.462. The SMILES string of the molecule is CN=C(NC1CCN(c2cccs2)CC1)NC1CC1c1c(F)cccc1F. The van der Waals surface area contributed by atoms with Crippen LogP contribution in [0.2, 0.25) is 0 Å². The summed E-state index contributed by atoms with van der Waals surface area (Å²) < 4.78 is 27.9. The normalized spacial score (nSPS) is 23.4. The predicted molar refractivity (Wildman–Crippen MR) is 107 cm³/mol. The van der Waals surface area contributed by atoms with Crippen LogP contribution in [-0.4, -0.2) is 38.2 Å². The van der Waals surface area contributed by atoms with E-state index >= 15 is 0 Å². The number of rotatable bonds is 4. The second-order valence-corrected chi connectivity index (χ2v) is 8.08. The van der Waals surface area contributed by atoms with E-state index in [-0.39, 0.29) is 17.5 Å². The second-order valence-electron chi connectivity index (χ2n) is 7.16. The highest BCUT2D eigenvalue weighted by molar-refractivity contribution is 7.14. The van der Waals surface area contributed by atoms with Crippen LogP contribution in [0.3, 0.4) is 0 Å². The molecule has 1 aromatic heterocycles. The molecule has 27 heavy (non-hydrogen) atoms. The Morgan fingerprint density at radius 1 is 1.11 bits per heavy atom. The first kappa shape index (κ1) is 18.2. The van der Waals surface area contributed by atoms with E-state index in [2.05, 4.69) is 38.0 Å². The van der Waals surface area contributed by atoms with Crippen LogP contribution < -0.4 is 15.5 Å². The summed E-state index contributed by atoms with van der Waals surface area (Å²) in [7, 11) is 1.73. The number of aliphatic imine (C=N–C) groups is 1. The maximum absolute atomic E-state index is 13.9. The molecule has 2 unspecified atom stereocenters. The summed E-state index contributed by atoms with van der Waals surface area (Å²) in [6.45, 7) is 2.03. The number of guanidine groups is 1. The van der Waals surface area contributed by atoms with Crippen LogP contribution in [0.5, 0.6) is 0 Å². The summed E-state index contributed by atoms with van der Waals surface area (Å²) in [5, 5.41) is 10.2. The van der Waals surface area contributed by atoms with Crippen molar-refractivity contribution in [2.24, 2.45) is 4.99 Å². The highest BCUT2D eigenvalue weighted by Crippen LogP contribution is 2.43. The molecule has 4 nitrogen and oxygen atoms in total. The lowest BCUT2D eigenvalue weighted by Gasteiger charge is -2.33. The molecule has 0 bridgehead atoms. The van der Waals surface area contributed by atoms with E-state index in [1.54, 1.807) is 18.4 Å². The van der Waals surface area contributed by atoms with Gasteiger partial charge in [0, 0.05) is 43.7 Å². The van der Waals surface area contributed by atoms with Crippen LogP contribution in [0.4, 0.5) is 13.8 Å². The van der Waals surface area contributed by atoms with Crippen LogP contribution in [0, 0.1) is 11.6 Å². The van der Waals surface area contributed by atoms with Crippen LogP contribution in [0.1, 0.15) is 30.7 Å². The molecule has 0 spiro atoms. The first-order valence-corrected chi connectivity index (χ1v) is 10.3. The average molecular weight is 391 g/mol. The van der Waals surface area contributed by atoms with Crippen LogP contribution in [0.15, 0.2) is 40.7 Å². The first-order valence-electron chi connectivity index (χ1n) is 9.38. The molecule has 1 saturated carbocycles. The van der Waals surface area contributed by atoms with E-state index in [9.17, 15) is 8.78 Å². The molecule has 1 aliphatic heterocycles. The van der Waals surface area contributed by atoms with Gasteiger partial charge in [-0.3, -0.25) is 4.99 Å². The van der Waals surface area contributed by atoms with Crippen molar-refractivity contribution in [1.82, 2.24) is 10.6 Å². The Morgan fingerprint density at radius 2 is 1.85 bits per heavy atom. The van der Waals surface area contributed by atoms with Crippen molar-refractivity contribution in [1.29, 1.82) is 0 Å². The molecule has 144 valence electrons. The first-order chi connectivity index (χ1) is 13.2. The largest absolute Gasteiger partial charge is 0.363 e. The van der Waals surface area contributed by atoms with Gasteiger partial charge in [-0.2, -0.15) is 0 Å². The Kier molecular flexibility index (Phi) is 5.29. The summed E-state index contributed by atoms with van der Waals surface area (Å²) in [5.74, 6) is -0.347. The summed E-state index contributed by atoms with van der Waals surface area (Å²) in [6, 6.07) is 8.67. The Hall–Kier alpha value is -2.15.